The average Bonchev–Trinajstić information content (AvgIpc) is 3.14. The van der Waals surface area contributed by atoms with Crippen molar-refractivity contribution in [2.75, 3.05) is 0 Å². The number of aromatic amines is 1. The van der Waals surface area contributed by atoms with E-state index in [0.717, 1.165) is 12.1 Å². The number of nitrogens with zero attached hydrogens (tertiary/aromatic N) is 4. The van der Waals surface area contributed by atoms with Crippen LogP contribution in [-0.4, -0.2) is 30.7 Å². The Morgan fingerprint density at radius 2 is 1.86 bits per heavy atom. The van der Waals surface area contributed by atoms with Crippen molar-refractivity contribution >= 4 is 22.3 Å². The van der Waals surface area contributed by atoms with Gasteiger partial charge in [-0.25, -0.2) is 5.10 Å². The van der Waals surface area contributed by atoms with Crippen LogP contribution in [0.3, 0.4) is 0 Å². The molecule has 0 bridgehead atoms. The summed E-state index contributed by atoms with van der Waals surface area (Å²) in [7, 11) is 0. The van der Waals surface area contributed by atoms with Crippen LogP contribution in [0.4, 0.5) is 0 Å². The van der Waals surface area contributed by atoms with Crippen molar-refractivity contribution in [3.8, 4) is 0 Å². The van der Waals surface area contributed by atoms with E-state index in [1.165, 1.54) is 0 Å². The summed E-state index contributed by atoms with van der Waals surface area (Å²) in [4.78, 5) is 24.8. The van der Waals surface area contributed by atoms with E-state index in [2.05, 4.69) is 39.6 Å². The number of aromatic nitrogens is 5. The fourth-order valence-corrected chi connectivity index (χ4v) is 3.50. The molecule has 0 radical (unpaired) electrons. The average molecular weight is 390 g/mol. The molecule has 4 rings (SSSR count). The zero-order valence-corrected chi connectivity index (χ0v) is 16.3. The minimum atomic E-state index is -0.283. The quantitative estimate of drug-likeness (QED) is 0.526. The first-order valence-electron chi connectivity index (χ1n) is 9.58. The number of amides is 1. The highest BCUT2D eigenvalue weighted by molar-refractivity contribution is 5.88. The molecule has 0 unspecified atom stereocenters. The Kier molecular flexibility index (Phi) is 5.07. The summed E-state index contributed by atoms with van der Waals surface area (Å²) in [6.07, 6.45) is 2.67. The monoisotopic (exact) mass is 390 g/mol. The van der Waals surface area contributed by atoms with Gasteiger partial charge in [-0.15, -0.1) is 10.2 Å². The Hall–Kier alpha value is -3.55. The van der Waals surface area contributed by atoms with Gasteiger partial charge >= 0.3 is 0 Å². The van der Waals surface area contributed by atoms with Crippen LogP contribution < -0.4 is 10.9 Å². The molecule has 0 saturated carbocycles. The second-order valence-corrected chi connectivity index (χ2v) is 7.46. The number of pyridine rings is 1. The largest absolute Gasteiger partial charge is 0.346 e. The van der Waals surface area contributed by atoms with Gasteiger partial charge in [-0.2, -0.15) is 5.10 Å². The predicted octanol–water partition coefficient (Wildman–Crippen LogP) is 2.41. The summed E-state index contributed by atoms with van der Waals surface area (Å²) in [5.74, 6) is 0.860. The summed E-state index contributed by atoms with van der Waals surface area (Å²) in [6.45, 7) is 4.19. The Bertz CT molecular complexity index is 1230. The lowest BCUT2D eigenvalue weighted by atomic mass is 10.0. The first-order valence-corrected chi connectivity index (χ1v) is 9.58. The summed E-state index contributed by atoms with van der Waals surface area (Å²) >= 11 is 0. The zero-order valence-electron chi connectivity index (χ0n) is 16.3. The van der Waals surface area contributed by atoms with Crippen molar-refractivity contribution in [3.63, 3.8) is 0 Å². The summed E-state index contributed by atoms with van der Waals surface area (Å²) in [5, 5.41) is 19.4. The van der Waals surface area contributed by atoms with Crippen molar-refractivity contribution in [2.24, 2.45) is 5.92 Å². The minimum absolute atomic E-state index is 0.0582. The SMILES string of the molecule is CC(C)C[C@H](NC(=O)Cc1n[nH]c(=O)c2ccccc12)c1nnc2ccccn12. The predicted molar refractivity (Wildman–Crippen MR) is 109 cm³/mol. The Morgan fingerprint density at radius 3 is 2.66 bits per heavy atom. The Balaban J connectivity index is 1.61. The highest BCUT2D eigenvalue weighted by Gasteiger charge is 2.22. The van der Waals surface area contributed by atoms with E-state index < -0.39 is 0 Å². The number of hydrogen-bond acceptors (Lipinski definition) is 5. The molecule has 8 nitrogen and oxygen atoms in total. The summed E-state index contributed by atoms with van der Waals surface area (Å²) < 4.78 is 1.89. The molecule has 0 aliphatic rings. The van der Waals surface area contributed by atoms with Crippen LogP contribution in [0.15, 0.2) is 53.5 Å². The number of H-pyrrole nitrogens is 1. The van der Waals surface area contributed by atoms with E-state index in [4.69, 9.17) is 0 Å². The summed E-state index contributed by atoms with van der Waals surface area (Å²) in [6, 6.07) is 12.5. The highest BCUT2D eigenvalue weighted by Crippen LogP contribution is 2.21. The van der Waals surface area contributed by atoms with Crippen LogP contribution in [-0.2, 0) is 11.2 Å². The van der Waals surface area contributed by atoms with Gasteiger partial charge in [-0.1, -0.05) is 38.1 Å². The van der Waals surface area contributed by atoms with Crippen molar-refractivity contribution in [3.05, 3.63) is 70.5 Å². The fourth-order valence-electron chi connectivity index (χ4n) is 3.50. The third-order valence-corrected chi connectivity index (χ3v) is 4.80. The van der Waals surface area contributed by atoms with Crippen LogP contribution in [0.2, 0.25) is 0 Å². The topological polar surface area (TPSA) is 105 Å². The Morgan fingerprint density at radius 1 is 1.10 bits per heavy atom. The highest BCUT2D eigenvalue weighted by atomic mass is 16.1. The smallest absolute Gasteiger partial charge is 0.272 e. The second-order valence-electron chi connectivity index (χ2n) is 7.46. The molecule has 3 aromatic heterocycles. The minimum Gasteiger partial charge on any atom is -0.346 e. The van der Waals surface area contributed by atoms with Crippen LogP contribution in [0.25, 0.3) is 16.4 Å². The van der Waals surface area contributed by atoms with Crippen LogP contribution >= 0.6 is 0 Å². The molecule has 2 N–H and O–H groups in total. The first kappa shape index (κ1) is 18.8. The van der Waals surface area contributed by atoms with Crippen molar-refractivity contribution in [1.82, 2.24) is 30.1 Å². The lowest BCUT2D eigenvalue weighted by Gasteiger charge is -2.19. The molecule has 1 aromatic carbocycles. The molecule has 1 atom stereocenters. The molecule has 0 fully saturated rings. The lowest BCUT2D eigenvalue weighted by molar-refractivity contribution is -0.121. The number of fused-ring (bicyclic) bond motifs is 2. The van der Waals surface area contributed by atoms with Gasteiger partial charge in [0, 0.05) is 11.6 Å². The molecule has 0 spiro atoms. The fraction of sp³-hybridized carbons (Fsp3) is 0.286. The van der Waals surface area contributed by atoms with Crippen LogP contribution in [0, 0.1) is 5.92 Å². The van der Waals surface area contributed by atoms with Crippen LogP contribution in [0.5, 0.6) is 0 Å². The van der Waals surface area contributed by atoms with Crippen molar-refractivity contribution in [2.45, 2.75) is 32.7 Å². The van der Waals surface area contributed by atoms with E-state index in [-0.39, 0.29) is 23.9 Å². The molecular weight excluding hydrogens is 368 g/mol. The first-order chi connectivity index (χ1) is 14.0. The normalized spacial score (nSPS) is 12.5. The van der Waals surface area contributed by atoms with E-state index in [1.807, 2.05) is 34.9 Å². The molecule has 1 amide bonds. The lowest BCUT2D eigenvalue weighted by Crippen LogP contribution is -2.32. The van der Waals surface area contributed by atoms with Crippen molar-refractivity contribution < 1.29 is 4.79 Å². The van der Waals surface area contributed by atoms with Crippen molar-refractivity contribution in [1.29, 1.82) is 0 Å². The van der Waals surface area contributed by atoms with Gasteiger partial charge < -0.3 is 5.32 Å². The van der Waals surface area contributed by atoms with Crippen LogP contribution in [0.1, 0.15) is 37.8 Å². The number of rotatable bonds is 6. The zero-order chi connectivity index (χ0) is 20.4. The van der Waals surface area contributed by atoms with E-state index in [9.17, 15) is 9.59 Å². The van der Waals surface area contributed by atoms with Gasteiger partial charge in [0.1, 0.15) is 0 Å². The third-order valence-electron chi connectivity index (χ3n) is 4.80. The molecular formula is C21H22N6O2. The molecule has 29 heavy (non-hydrogen) atoms. The van der Waals surface area contributed by atoms with E-state index >= 15 is 0 Å². The van der Waals surface area contributed by atoms with Gasteiger partial charge in [-0.3, -0.25) is 14.0 Å². The number of benzene rings is 1. The third kappa shape index (κ3) is 3.87. The molecule has 4 aromatic rings. The molecule has 8 heteroatoms. The molecule has 148 valence electrons. The molecule has 0 aliphatic carbocycles. The molecule has 0 saturated heterocycles. The van der Waals surface area contributed by atoms with Gasteiger partial charge in [0.15, 0.2) is 11.5 Å². The Labute approximate surface area is 167 Å². The van der Waals surface area contributed by atoms with Gasteiger partial charge in [0.25, 0.3) is 5.56 Å². The number of carbonyl (C=O) groups is 1. The molecule has 3 heterocycles. The standard InChI is InChI=1S/C21H22N6O2/c1-13(2)11-17(20-25-24-18-9-5-6-10-27(18)20)22-19(28)12-16-14-7-3-4-8-15(14)21(29)26-23-16/h3-10,13,17H,11-12H2,1-2H3,(H,22,28)(H,26,29)/t17-/m0/s1. The maximum Gasteiger partial charge on any atom is 0.272 e. The number of carbonyl (C=O) groups excluding carboxylic acids is 1. The van der Waals surface area contributed by atoms with E-state index in [1.54, 1.807) is 18.2 Å². The summed E-state index contributed by atoms with van der Waals surface area (Å²) in [5.41, 5.74) is 1.00. The van der Waals surface area contributed by atoms with Gasteiger partial charge in [0.05, 0.1) is 23.5 Å². The second kappa shape index (κ2) is 7.83. The number of nitrogens with one attached hydrogen (secondary N) is 2. The maximum atomic E-state index is 12.9. The maximum absolute atomic E-state index is 12.9. The number of hydrogen-bond donors (Lipinski definition) is 2. The van der Waals surface area contributed by atoms with Gasteiger partial charge in [0.2, 0.25) is 5.91 Å². The molecule has 0 aliphatic heterocycles. The van der Waals surface area contributed by atoms with E-state index in [0.29, 0.717) is 28.2 Å². The van der Waals surface area contributed by atoms with Gasteiger partial charge in [-0.05, 0) is 30.5 Å².